The van der Waals surface area contributed by atoms with E-state index in [0.29, 0.717) is 11.9 Å². The molecule has 4 fully saturated rings. The normalized spacial score (nSPS) is 28.8. The topological polar surface area (TPSA) is 63.2 Å². The van der Waals surface area contributed by atoms with Crippen LogP contribution in [0.25, 0.3) is 0 Å². The Morgan fingerprint density at radius 2 is 2.00 bits per heavy atom. The molecule has 0 saturated carbocycles. The van der Waals surface area contributed by atoms with Crippen molar-refractivity contribution < 1.29 is 4.79 Å². The molecule has 0 aromatic heterocycles. The second-order valence-corrected chi connectivity index (χ2v) is 6.97. The summed E-state index contributed by atoms with van der Waals surface area (Å²) in [6.45, 7) is 12.4. The van der Waals surface area contributed by atoms with Gasteiger partial charge in [-0.25, -0.2) is 0 Å². The van der Waals surface area contributed by atoms with Crippen LogP contribution < -0.4 is 10.6 Å². The fraction of sp³-hybridized carbons (Fsp3) is 0.882. The summed E-state index contributed by atoms with van der Waals surface area (Å²) in [4.78, 5) is 23.5. The minimum atomic E-state index is 0. The van der Waals surface area contributed by atoms with E-state index in [1.807, 2.05) is 4.90 Å². The molecule has 4 aliphatic heterocycles. The molecule has 4 rings (SSSR count). The predicted octanol–water partition coefficient (Wildman–Crippen LogP) is 0.172. The van der Waals surface area contributed by atoms with Crippen LogP contribution in [-0.2, 0) is 4.79 Å². The quantitative estimate of drug-likeness (QED) is 0.244. The second-order valence-electron chi connectivity index (χ2n) is 6.97. The lowest BCUT2D eigenvalue weighted by atomic mass is 10.1. The number of amides is 1. The Hall–Kier alpha value is -0.610. The molecule has 0 aromatic rings. The molecule has 7 nitrogen and oxygen atoms in total. The number of likely N-dealkylation sites (tertiary alicyclic amines) is 1. The minimum absolute atomic E-state index is 0. The number of carbonyl (C=O) groups excluding carboxylic acids is 1. The summed E-state index contributed by atoms with van der Waals surface area (Å²) in [5.74, 6) is 1.22. The van der Waals surface area contributed by atoms with Crippen LogP contribution in [-0.4, -0.2) is 98.1 Å². The molecule has 0 radical (unpaired) electrons. The number of hydrogen-bond acceptors (Lipinski definition) is 4. The number of guanidine groups is 1. The molecule has 0 aliphatic carbocycles. The number of piperazine rings is 3. The van der Waals surface area contributed by atoms with Crippen molar-refractivity contribution in [3.63, 3.8) is 0 Å². The van der Waals surface area contributed by atoms with Crippen LogP contribution in [0, 0.1) is 0 Å². The van der Waals surface area contributed by atoms with Gasteiger partial charge < -0.3 is 15.5 Å². The Morgan fingerprint density at radius 1 is 1.20 bits per heavy atom. The number of carbonyl (C=O) groups is 1. The zero-order chi connectivity index (χ0) is 16.8. The Bertz CT molecular complexity index is 452. The van der Waals surface area contributed by atoms with Crippen molar-refractivity contribution in [3.05, 3.63) is 0 Å². The number of hydrogen-bond donors (Lipinski definition) is 2. The molecule has 1 unspecified atom stereocenters. The van der Waals surface area contributed by atoms with Gasteiger partial charge >= 0.3 is 0 Å². The standard InChI is InChI=1S/C17H32N6O.HI/c1-2-18-17(19-6-4-8-23-7-3-5-16(23)24)20-13-15-14-21-9-11-22(15)12-10-21;/h15H,2-14H2,1H3,(H2,18,19,20);1H. The Labute approximate surface area is 168 Å². The number of aliphatic imine (C=N–C) groups is 1. The van der Waals surface area contributed by atoms with E-state index in [0.717, 1.165) is 64.5 Å². The number of rotatable bonds is 7. The molecule has 1 atom stereocenters. The number of fused-ring (bicyclic) bond motifs is 3. The van der Waals surface area contributed by atoms with E-state index in [-0.39, 0.29) is 24.0 Å². The Kier molecular flexibility index (Phi) is 8.71. The number of halogens is 1. The highest BCUT2D eigenvalue weighted by Crippen LogP contribution is 2.15. The van der Waals surface area contributed by atoms with Crippen molar-refractivity contribution in [1.82, 2.24) is 25.3 Å². The summed E-state index contributed by atoms with van der Waals surface area (Å²) in [7, 11) is 0. The van der Waals surface area contributed by atoms with Crippen LogP contribution in [0.1, 0.15) is 26.2 Å². The molecule has 1 amide bonds. The van der Waals surface area contributed by atoms with Gasteiger partial charge in [0.25, 0.3) is 0 Å². The van der Waals surface area contributed by atoms with Crippen LogP contribution >= 0.6 is 24.0 Å². The minimum Gasteiger partial charge on any atom is -0.357 e. The van der Waals surface area contributed by atoms with E-state index < -0.39 is 0 Å². The SMILES string of the molecule is CCNC(=NCC1CN2CCN1CC2)NCCCN1CCCC1=O.I. The first-order chi connectivity index (χ1) is 11.8. The summed E-state index contributed by atoms with van der Waals surface area (Å²) in [5, 5.41) is 6.74. The summed E-state index contributed by atoms with van der Waals surface area (Å²) in [6.07, 6.45) is 2.72. The zero-order valence-corrected chi connectivity index (χ0v) is 17.7. The average Bonchev–Trinajstić information content (AvgIpc) is 3.02. The second kappa shape index (κ2) is 10.5. The molecule has 25 heavy (non-hydrogen) atoms. The van der Waals surface area contributed by atoms with Crippen molar-refractivity contribution >= 4 is 35.8 Å². The fourth-order valence-corrected chi connectivity index (χ4v) is 3.85. The highest BCUT2D eigenvalue weighted by molar-refractivity contribution is 14.0. The summed E-state index contributed by atoms with van der Waals surface area (Å²) < 4.78 is 0. The van der Waals surface area contributed by atoms with Gasteiger partial charge in [-0.1, -0.05) is 0 Å². The van der Waals surface area contributed by atoms with Gasteiger partial charge in [0.05, 0.1) is 6.54 Å². The van der Waals surface area contributed by atoms with Gasteiger partial charge in [0.2, 0.25) is 5.91 Å². The molecular weight excluding hydrogens is 431 g/mol. The number of nitrogens with zero attached hydrogens (tertiary/aromatic N) is 4. The van der Waals surface area contributed by atoms with Crippen molar-refractivity contribution in [1.29, 1.82) is 0 Å². The van der Waals surface area contributed by atoms with Gasteiger partial charge in [-0.05, 0) is 19.8 Å². The van der Waals surface area contributed by atoms with E-state index in [2.05, 4.69) is 27.4 Å². The molecule has 4 aliphatic rings. The molecule has 8 heteroatoms. The van der Waals surface area contributed by atoms with Gasteiger partial charge in [0.15, 0.2) is 5.96 Å². The van der Waals surface area contributed by atoms with Crippen LogP contribution in [0.5, 0.6) is 0 Å². The third kappa shape index (κ3) is 5.96. The molecule has 4 heterocycles. The van der Waals surface area contributed by atoms with E-state index in [1.165, 1.54) is 26.2 Å². The molecule has 0 spiro atoms. The average molecular weight is 464 g/mol. The summed E-state index contributed by atoms with van der Waals surface area (Å²) in [5.41, 5.74) is 0. The smallest absolute Gasteiger partial charge is 0.222 e. The van der Waals surface area contributed by atoms with Crippen LogP contribution in [0.3, 0.4) is 0 Å². The van der Waals surface area contributed by atoms with Crippen LogP contribution in [0.2, 0.25) is 0 Å². The lowest BCUT2D eigenvalue weighted by Crippen LogP contribution is -2.62. The summed E-state index contributed by atoms with van der Waals surface area (Å²) in [6, 6.07) is 0.560. The molecule has 144 valence electrons. The summed E-state index contributed by atoms with van der Waals surface area (Å²) >= 11 is 0. The molecule has 2 N–H and O–H groups in total. The maximum Gasteiger partial charge on any atom is 0.222 e. The van der Waals surface area contributed by atoms with E-state index in [4.69, 9.17) is 4.99 Å². The van der Waals surface area contributed by atoms with E-state index in [1.54, 1.807) is 0 Å². The maximum atomic E-state index is 11.6. The maximum absolute atomic E-state index is 11.6. The lowest BCUT2D eigenvalue weighted by Gasteiger charge is -2.47. The van der Waals surface area contributed by atoms with Gasteiger partial charge in [-0.3, -0.25) is 19.6 Å². The van der Waals surface area contributed by atoms with Crippen molar-refractivity contribution in [3.8, 4) is 0 Å². The largest absolute Gasteiger partial charge is 0.357 e. The van der Waals surface area contributed by atoms with Gasteiger partial charge in [-0.2, -0.15) is 0 Å². The first kappa shape index (κ1) is 20.7. The molecule has 0 aromatic carbocycles. The highest BCUT2D eigenvalue weighted by atomic mass is 127. The fourth-order valence-electron chi connectivity index (χ4n) is 3.85. The number of nitrogens with one attached hydrogen (secondary N) is 2. The highest BCUT2D eigenvalue weighted by Gasteiger charge is 2.31. The van der Waals surface area contributed by atoms with E-state index in [9.17, 15) is 4.79 Å². The Morgan fingerprint density at radius 3 is 2.60 bits per heavy atom. The lowest BCUT2D eigenvalue weighted by molar-refractivity contribution is -0.127. The van der Waals surface area contributed by atoms with Crippen molar-refractivity contribution in [2.24, 2.45) is 4.99 Å². The third-order valence-electron chi connectivity index (χ3n) is 5.27. The predicted molar refractivity (Wildman–Crippen MR) is 112 cm³/mol. The van der Waals surface area contributed by atoms with Crippen LogP contribution in [0.15, 0.2) is 4.99 Å². The van der Waals surface area contributed by atoms with Gasteiger partial charge in [-0.15, -0.1) is 24.0 Å². The van der Waals surface area contributed by atoms with E-state index >= 15 is 0 Å². The Balaban J connectivity index is 0.00000225. The first-order valence-corrected chi connectivity index (χ1v) is 9.52. The van der Waals surface area contributed by atoms with Crippen molar-refractivity contribution in [2.45, 2.75) is 32.2 Å². The molecule has 2 bridgehead atoms. The van der Waals surface area contributed by atoms with Gasteiger partial charge in [0.1, 0.15) is 0 Å². The first-order valence-electron chi connectivity index (χ1n) is 9.52. The zero-order valence-electron chi connectivity index (χ0n) is 15.4. The monoisotopic (exact) mass is 464 g/mol. The van der Waals surface area contributed by atoms with Crippen LogP contribution in [0.4, 0.5) is 0 Å². The molecule has 4 saturated heterocycles. The van der Waals surface area contributed by atoms with Crippen molar-refractivity contribution in [2.75, 3.05) is 65.4 Å². The molecular formula is C17H33IN6O. The third-order valence-corrected chi connectivity index (χ3v) is 5.27. The van der Waals surface area contributed by atoms with Gasteiger partial charge in [0, 0.05) is 71.4 Å².